The minimum absolute atomic E-state index is 0.411. The van der Waals surface area contributed by atoms with Crippen LogP contribution < -0.4 is 0 Å². The summed E-state index contributed by atoms with van der Waals surface area (Å²) in [7, 11) is 0. The molecule has 0 aromatic heterocycles. The molecule has 0 N–H and O–H groups in total. The van der Waals surface area contributed by atoms with Gasteiger partial charge in [0.15, 0.2) is 0 Å². The van der Waals surface area contributed by atoms with Gasteiger partial charge in [0, 0.05) is 0 Å². The van der Waals surface area contributed by atoms with E-state index in [-0.39, 0.29) is 0 Å². The molecule has 3 atom stereocenters. The van der Waals surface area contributed by atoms with Gasteiger partial charge in [0.25, 0.3) is 0 Å². The van der Waals surface area contributed by atoms with E-state index in [2.05, 4.69) is 13.8 Å². The fourth-order valence-electron chi connectivity index (χ4n) is 5.36. The van der Waals surface area contributed by atoms with E-state index >= 15 is 0 Å². The summed E-state index contributed by atoms with van der Waals surface area (Å²) in [5.74, 6) is 2.77. The zero-order valence-electron chi connectivity index (χ0n) is 15.9. The van der Waals surface area contributed by atoms with Crippen molar-refractivity contribution in [3.05, 3.63) is 0 Å². The second-order valence-electron chi connectivity index (χ2n) is 8.63. The zero-order chi connectivity index (χ0) is 16.5. The zero-order valence-corrected chi connectivity index (χ0v) is 15.9. The van der Waals surface area contributed by atoms with Gasteiger partial charge in [-0.3, -0.25) is 0 Å². The van der Waals surface area contributed by atoms with Crippen LogP contribution in [-0.2, 0) is 0 Å². The van der Waals surface area contributed by atoms with Gasteiger partial charge in [-0.05, 0) is 55.8 Å². The van der Waals surface area contributed by atoms with Gasteiger partial charge in [-0.1, -0.05) is 78.1 Å². The summed E-state index contributed by atoms with van der Waals surface area (Å²) in [6.45, 7) is 4.53. The summed E-state index contributed by atoms with van der Waals surface area (Å²) in [6, 6.07) is 0. The average Bonchev–Trinajstić information content (AvgIpc) is 2.56. The highest BCUT2D eigenvalue weighted by molar-refractivity contribution is 4.87. The van der Waals surface area contributed by atoms with E-state index in [1.165, 1.54) is 89.9 Å². The van der Waals surface area contributed by atoms with Crippen molar-refractivity contribution < 1.29 is 4.39 Å². The maximum atomic E-state index is 14.6. The number of hydrogen-bond acceptors (Lipinski definition) is 0. The highest BCUT2D eigenvalue weighted by Crippen LogP contribution is 2.44. The SMILES string of the molecule is CCCCCCCC1CCC(C2CCC(CCC)CC2F)CC1. The van der Waals surface area contributed by atoms with E-state index in [1.807, 2.05) is 0 Å². The fourth-order valence-corrected chi connectivity index (χ4v) is 5.36. The van der Waals surface area contributed by atoms with Crippen molar-refractivity contribution in [2.24, 2.45) is 23.7 Å². The molecule has 0 aromatic carbocycles. The Morgan fingerprint density at radius 2 is 1.39 bits per heavy atom. The highest BCUT2D eigenvalue weighted by atomic mass is 19.1. The summed E-state index contributed by atoms with van der Waals surface area (Å²) < 4.78 is 14.6. The van der Waals surface area contributed by atoms with Crippen LogP contribution in [0.4, 0.5) is 4.39 Å². The van der Waals surface area contributed by atoms with Gasteiger partial charge >= 0.3 is 0 Å². The van der Waals surface area contributed by atoms with Crippen molar-refractivity contribution in [1.29, 1.82) is 0 Å². The number of rotatable bonds is 9. The number of halogens is 1. The Kier molecular flexibility index (Phi) is 8.98. The maximum Gasteiger partial charge on any atom is 0.103 e. The molecule has 3 unspecified atom stereocenters. The lowest BCUT2D eigenvalue weighted by atomic mass is 9.67. The van der Waals surface area contributed by atoms with E-state index in [1.54, 1.807) is 0 Å². The van der Waals surface area contributed by atoms with Crippen molar-refractivity contribution in [3.8, 4) is 0 Å². The van der Waals surface area contributed by atoms with Gasteiger partial charge in [-0.15, -0.1) is 0 Å². The van der Waals surface area contributed by atoms with Gasteiger partial charge in [0.1, 0.15) is 6.17 Å². The number of alkyl halides is 1. The van der Waals surface area contributed by atoms with Crippen molar-refractivity contribution in [2.45, 2.75) is 116 Å². The van der Waals surface area contributed by atoms with Crippen LogP contribution in [-0.4, -0.2) is 6.17 Å². The molecule has 0 heterocycles. The van der Waals surface area contributed by atoms with Gasteiger partial charge < -0.3 is 0 Å². The normalized spacial score (nSPS) is 35.3. The molecule has 0 spiro atoms. The van der Waals surface area contributed by atoms with E-state index in [9.17, 15) is 4.39 Å². The van der Waals surface area contributed by atoms with Crippen LogP contribution in [0, 0.1) is 23.7 Å². The molecule has 0 aromatic rings. The van der Waals surface area contributed by atoms with E-state index in [0.29, 0.717) is 17.8 Å². The van der Waals surface area contributed by atoms with Gasteiger partial charge in [0.2, 0.25) is 0 Å². The molecular formula is C22H41F. The Bertz CT molecular complexity index is 292. The Labute approximate surface area is 145 Å². The van der Waals surface area contributed by atoms with Crippen LogP contribution in [0.5, 0.6) is 0 Å². The first kappa shape index (κ1) is 19.3. The monoisotopic (exact) mass is 324 g/mol. The van der Waals surface area contributed by atoms with Crippen LogP contribution in [0.3, 0.4) is 0 Å². The second kappa shape index (κ2) is 10.7. The first-order chi connectivity index (χ1) is 11.2. The van der Waals surface area contributed by atoms with E-state index in [4.69, 9.17) is 0 Å². The Morgan fingerprint density at radius 1 is 0.696 bits per heavy atom. The molecule has 1 heteroatoms. The van der Waals surface area contributed by atoms with Gasteiger partial charge in [-0.25, -0.2) is 4.39 Å². The molecule has 2 saturated carbocycles. The second-order valence-corrected chi connectivity index (χ2v) is 8.63. The van der Waals surface area contributed by atoms with Gasteiger partial charge in [-0.2, -0.15) is 0 Å². The highest BCUT2D eigenvalue weighted by Gasteiger charge is 2.36. The molecule has 2 aliphatic carbocycles. The number of unbranched alkanes of at least 4 members (excludes halogenated alkanes) is 4. The first-order valence-electron chi connectivity index (χ1n) is 10.9. The van der Waals surface area contributed by atoms with Crippen LogP contribution in [0.2, 0.25) is 0 Å². The van der Waals surface area contributed by atoms with Crippen LogP contribution in [0.15, 0.2) is 0 Å². The Hall–Kier alpha value is -0.0700. The molecule has 0 nitrogen and oxygen atoms in total. The van der Waals surface area contributed by atoms with Gasteiger partial charge in [0.05, 0.1) is 0 Å². The first-order valence-corrected chi connectivity index (χ1v) is 10.9. The van der Waals surface area contributed by atoms with Crippen LogP contribution >= 0.6 is 0 Å². The third-order valence-electron chi connectivity index (χ3n) is 6.84. The standard InChI is InChI=1S/C22H41F/c1-3-5-6-7-8-10-18-11-14-20(15-12-18)21-16-13-19(9-4-2)17-22(21)23/h18-22H,3-17H2,1-2H3. The molecule has 136 valence electrons. The lowest BCUT2D eigenvalue weighted by molar-refractivity contribution is 0.0557. The molecule has 2 fully saturated rings. The number of hydrogen-bond donors (Lipinski definition) is 0. The van der Waals surface area contributed by atoms with Crippen LogP contribution in [0.1, 0.15) is 110 Å². The maximum absolute atomic E-state index is 14.6. The van der Waals surface area contributed by atoms with Crippen molar-refractivity contribution in [2.75, 3.05) is 0 Å². The third kappa shape index (κ3) is 6.39. The molecule has 0 aliphatic heterocycles. The smallest absolute Gasteiger partial charge is 0.103 e. The predicted octanol–water partition coefficient (Wildman–Crippen LogP) is 7.71. The summed E-state index contributed by atoms with van der Waals surface area (Å²) >= 11 is 0. The summed E-state index contributed by atoms with van der Waals surface area (Å²) in [5, 5.41) is 0. The molecular weight excluding hydrogens is 283 g/mol. The third-order valence-corrected chi connectivity index (χ3v) is 6.84. The minimum Gasteiger partial charge on any atom is -0.247 e. The van der Waals surface area contributed by atoms with Crippen molar-refractivity contribution in [3.63, 3.8) is 0 Å². The quantitative estimate of drug-likeness (QED) is 0.381. The molecule has 0 radical (unpaired) electrons. The van der Waals surface area contributed by atoms with E-state index in [0.717, 1.165) is 12.3 Å². The van der Waals surface area contributed by atoms with E-state index < -0.39 is 6.17 Å². The van der Waals surface area contributed by atoms with Crippen molar-refractivity contribution in [1.82, 2.24) is 0 Å². The molecule has 23 heavy (non-hydrogen) atoms. The van der Waals surface area contributed by atoms with Crippen LogP contribution in [0.25, 0.3) is 0 Å². The lowest BCUT2D eigenvalue weighted by Gasteiger charge is -2.40. The molecule has 0 bridgehead atoms. The topological polar surface area (TPSA) is 0 Å². The fraction of sp³-hybridized carbons (Fsp3) is 1.00. The molecule has 0 saturated heterocycles. The van der Waals surface area contributed by atoms with Crippen molar-refractivity contribution >= 4 is 0 Å². The Balaban J connectivity index is 1.62. The molecule has 2 rings (SSSR count). The summed E-state index contributed by atoms with van der Waals surface area (Å²) in [6.07, 6.45) is 19.2. The largest absolute Gasteiger partial charge is 0.247 e. The summed E-state index contributed by atoms with van der Waals surface area (Å²) in [4.78, 5) is 0. The predicted molar refractivity (Wildman–Crippen MR) is 99.5 cm³/mol. The summed E-state index contributed by atoms with van der Waals surface area (Å²) in [5.41, 5.74) is 0. The average molecular weight is 325 g/mol. The molecule has 0 amide bonds. The molecule has 2 aliphatic rings. The minimum atomic E-state index is -0.490. The lowest BCUT2D eigenvalue weighted by Crippen LogP contribution is -2.33. The Morgan fingerprint density at radius 3 is 2.04 bits per heavy atom.